The molecule has 2 aromatic rings. The molecule has 1 aliphatic rings. The molecular formula is C27H36BrN3O5S. The molecular weight excluding hydrogens is 558 g/mol. The second-order valence-electron chi connectivity index (χ2n) is 9.45. The number of sulfonamides is 1. The maximum atomic E-state index is 13.4. The first-order valence-corrected chi connectivity index (χ1v) is 15.2. The molecule has 1 atom stereocenters. The van der Waals surface area contributed by atoms with E-state index in [9.17, 15) is 18.0 Å². The summed E-state index contributed by atoms with van der Waals surface area (Å²) in [5.41, 5.74) is 1.41. The van der Waals surface area contributed by atoms with E-state index in [1.54, 1.807) is 43.2 Å². The van der Waals surface area contributed by atoms with Crippen LogP contribution in [-0.2, 0) is 26.2 Å². The summed E-state index contributed by atoms with van der Waals surface area (Å²) in [5.74, 6) is 0.268. The summed E-state index contributed by atoms with van der Waals surface area (Å²) in [6.07, 6.45) is 5.70. The zero-order valence-corrected chi connectivity index (χ0v) is 24.1. The summed E-state index contributed by atoms with van der Waals surface area (Å²) in [7, 11) is -2.01. The first kappa shape index (κ1) is 29.0. The Morgan fingerprint density at radius 3 is 2.41 bits per heavy atom. The van der Waals surface area contributed by atoms with Gasteiger partial charge in [-0.1, -0.05) is 40.9 Å². The van der Waals surface area contributed by atoms with E-state index in [1.807, 2.05) is 24.3 Å². The van der Waals surface area contributed by atoms with Crippen LogP contribution in [0.15, 0.2) is 53.0 Å². The number of amides is 2. The lowest BCUT2D eigenvalue weighted by Crippen LogP contribution is -2.49. The lowest BCUT2D eigenvalue weighted by molar-refractivity contribution is -0.141. The molecule has 3 rings (SSSR count). The summed E-state index contributed by atoms with van der Waals surface area (Å²) in [5, 5.41) is 3.10. The monoisotopic (exact) mass is 593 g/mol. The Morgan fingerprint density at radius 2 is 1.81 bits per heavy atom. The Balaban J connectivity index is 1.71. The third kappa shape index (κ3) is 8.46. The van der Waals surface area contributed by atoms with Crippen molar-refractivity contribution < 1.29 is 22.7 Å². The number of hydrogen-bond donors (Lipinski definition) is 1. The minimum absolute atomic E-state index is 0.108. The first-order valence-electron chi connectivity index (χ1n) is 12.5. The van der Waals surface area contributed by atoms with Crippen molar-refractivity contribution in [1.82, 2.24) is 10.2 Å². The molecule has 0 saturated heterocycles. The SMILES string of the molecule is COc1ccc(N(CCCC(=O)N(Cc2cccc(Br)c2)[C@@H](C)C(=O)NC2CCCC2)S(C)(=O)=O)cc1. The average Bonchev–Trinajstić information content (AvgIpc) is 3.37. The fourth-order valence-electron chi connectivity index (χ4n) is 4.56. The quantitative estimate of drug-likeness (QED) is 0.391. The lowest BCUT2D eigenvalue weighted by atomic mass is 10.1. The van der Waals surface area contributed by atoms with E-state index in [4.69, 9.17) is 4.74 Å². The number of rotatable bonds is 12. The molecule has 0 spiro atoms. The van der Waals surface area contributed by atoms with Gasteiger partial charge in [0.05, 0.1) is 19.1 Å². The van der Waals surface area contributed by atoms with Gasteiger partial charge < -0.3 is 15.0 Å². The molecule has 2 amide bonds. The minimum Gasteiger partial charge on any atom is -0.497 e. The molecule has 0 bridgehead atoms. The summed E-state index contributed by atoms with van der Waals surface area (Å²) in [6.45, 7) is 2.18. The highest BCUT2D eigenvalue weighted by Crippen LogP contribution is 2.23. The molecule has 37 heavy (non-hydrogen) atoms. The summed E-state index contributed by atoms with van der Waals surface area (Å²) >= 11 is 3.47. The van der Waals surface area contributed by atoms with E-state index in [2.05, 4.69) is 21.2 Å². The molecule has 202 valence electrons. The highest BCUT2D eigenvalue weighted by atomic mass is 79.9. The van der Waals surface area contributed by atoms with Crippen molar-refractivity contribution in [2.75, 3.05) is 24.2 Å². The number of methoxy groups -OCH3 is 1. The van der Waals surface area contributed by atoms with Crippen LogP contribution in [-0.4, -0.2) is 57.1 Å². The molecule has 8 nitrogen and oxygen atoms in total. The fraction of sp³-hybridized carbons (Fsp3) is 0.481. The van der Waals surface area contributed by atoms with Gasteiger partial charge in [0.25, 0.3) is 0 Å². The number of nitrogens with zero attached hydrogens (tertiary/aromatic N) is 2. The van der Waals surface area contributed by atoms with Crippen LogP contribution in [0.3, 0.4) is 0 Å². The summed E-state index contributed by atoms with van der Waals surface area (Å²) < 4.78 is 32.3. The normalized spacial score (nSPS) is 14.7. The molecule has 0 radical (unpaired) electrons. The Bertz CT molecular complexity index is 1170. The Labute approximate surface area is 228 Å². The van der Waals surface area contributed by atoms with E-state index in [0.717, 1.165) is 42.0 Å². The summed E-state index contributed by atoms with van der Waals surface area (Å²) in [6, 6.07) is 13.9. The predicted octanol–water partition coefficient (Wildman–Crippen LogP) is 4.48. The van der Waals surface area contributed by atoms with Crippen molar-refractivity contribution in [3.05, 3.63) is 58.6 Å². The van der Waals surface area contributed by atoms with E-state index in [0.29, 0.717) is 17.9 Å². The Morgan fingerprint density at radius 1 is 1.14 bits per heavy atom. The van der Waals surface area contributed by atoms with Crippen LogP contribution in [0.4, 0.5) is 5.69 Å². The van der Waals surface area contributed by atoms with Crippen molar-refractivity contribution in [2.24, 2.45) is 0 Å². The van der Waals surface area contributed by atoms with Gasteiger partial charge in [0.1, 0.15) is 11.8 Å². The van der Waals surface area contributed by atoms with Gasteiger partial charge in [-0.3, -0.25) is 13.9 Å². The van der Waals surface area contributed by atoms with Crippen molar-refractivity contribution in [1.29, 1.82) is 0 Å². The van der Waals surface area contributed by atoms with Gasteiger partial charge in [0.2, 0.25) is 21.8 Å². The number of benzene rings is 2. The largest absolute Gasteiger partial charge is 0.497 e. The molecule has 0 aliphatic heterocycles. The van der Waals surface area contributed by atoms with Gasteiger partial charge in [-0.25, -0.2) is 8.42 Å². The Kier molecular flexibility index (Phi) is 10.4. The first-order chi connectivity index (χ1) is 17.6. The number of carbonyl (C=O) groups is 2. The van der Waals surface area contributed by atoms with Crippen LogP contribution in [0.25, 0.3) is 0 Å². The Hall–Kier alpha value is -2.59. The average molecular weight is 595 g/mol. The molecule has 1 N–H and O–H groups in total. The molecule has 0 aromatic heterocycles. The van der Waals surface area contributed by atoms with Gasteiger partial charge in [-0.2, -0.15) is 0 Å². The lowest BCUT2D eigenvalue weighted by Gasteiger charge is -2.30. The fourth-order valence-corrected chi connectivity index (χ4v) is 5.97. The van der Waals surface area contributed by atoms with E-state index in [1.165, 1.54) is 4.31 Å². The van der Waals surface area contributed by atoms with Crippen molar-refractivity contribution >= 4 is 43.5 Å². The highest BCUT2D eigenvalue weighted by molar-refractivity contribution is 9.10. The number of nitrogens with one attached hydrogen (secondary N) is 1. The second-order valence-corrected chi connectivity index (χ2v) is 12.3. The minimum atomic E-state index is -3.55. The number of hydrogen-bond acceptors (Lipinski definition) is 5. The number of carbonyl (C=O) groups excluding carboxylic acids is 2. The third-order valence-electron chi connectivity index (χ3n) is 6.62. The van der Waals surface area contributed by atoms with Crippen LogP contribution < -0.4 is 14.4 Å². The topological polar surface area (TPSA) is 96.0 Å². The molecule has 0 unspecified atom stereocenters. The van der Waals surface area contributed by atoms with Gasteiger partial charge in [0, 0.05) is 30.0 Å². The number of halogens is 1. The number of anilines is 1. The third-order valence-corrected chi connectivity index (χ3v) is 8.31. The highest BCUT2D eigenvalue weighted by Gasteiger charge is 2.28. The van der Waals surface area contributed by atoms with Crippen LogP contribution in [0.5, 0.6) is 5.75 Å². The molecule has 1 aliphatic carbocycles. The van der Waals surface area contributed by atoms with Gasteiger partial charge in [-0.15, -0.1) is 0 Å². The maximum Gasteiger partial charge on any atom is 0.242 e. The van der Waals surface area contributed by atoms with Gasteiger partial charge in [0.15, 0.2) is 0 Å². The smallest absolute Gasteiger partial charge is 0.242 e. The van der Waals surface area contributed by atoms with E-state index in [-0.39, 0.29) is 37.4 Å². The molecule has 2 aromatic carbocycles. The van der Waals surface area contributed by atoms with Crippen molar-refractivity contribution in [3.8, 4) is 5.75 Å². The van der Waals surface area contributed by atoms with E-state index < -0.39 is 16.1 Å². The standard InChI is InChI=1S/C27H36BrN3O5S/c1-20(27(33)29-23-10-4-5-11-23)30(19-21-8-6-9-22(28)18-21)26(32)12-7-17-31(37(3,34)35)24-13-15-25(36-2)16-14-24/h6,8-9,13-16,18,20,23H,4-5,7,10-12,17,19H2,1-3H3,(H,29,33)/t20-/m0/s1. The van der Waals surface area contributed by atoms with Crippen molar-refractivity contribution in [2.45, 2.75) is 64.1 Å². The van der Waals surface area contributed by atoms with Crippen molar-refractivity contribution in [3.63, 3.8) is 0 Å². The van der Waals surface area contributed by atoms with Crippen LogP contribution in [0, 0.1) is 0 Å². The molecule has 0 heterocycles. The zero-order chi connectivity index (χ0) is 27.0. The molecule has 10 heteroatoms. The second kappa shape index (κ2) is 13.3. The van der Waals surface area contributed by atoms with Crippen LogP contribution in [0.1, 0.15) is 51.0 Å². The van der Waals surface area contributed by atoms with Crippen LogP contribution >= 0.6 is 15.9 Å². The zero-order valence-electron chi connectivity index (χ0n) is 21.7. The van der Waals surface area contributed by atoms with Gasteiger partial charge in [-0.05, 0) is 68.1 Å². The summed E-state index contributed by atoms with van der Waals surface area (Å²) in [4.78, 5) is 28.0. The number of ether oxygens (including phenoxy) is 1. The van der Waals surface area contributed by atoms with Crippen LogP contribution in [0.2, 0.25) is 0 Å². The van der Waals surface area contributed by atoms with Gasteiger partial charge >= 0.3 is 0 Å². The molecule has 1 fully saturated rings. The molecule has 1 saturated carbocycles. The predicted molar refractivity (Wildman–Crippen MR) is 149 cm³/mol. The maximum absolute atomic E-state index is 13.4. The van der Waals surface area contributed by atoms with E-state index >= 15 is 0 Å².